The Kier molecular flexibility index (Phi) is 5.61. The molecule has 1 aliphatic rings. The Morgan fingerprint density at radius 3 is 2.29 bits per heavy atom. The lowest BCUT2D eigenvalue weighted by Gasteiger charge is -2.41. The molecule has 0 aromatic carbocycles. The zero-order valence-electron chi connectivity index (χ0n) is 11.2. The number of nitrogens with one attached hydrogen (secondary N) is 1. The maximum Gasteiger partial charge on any atom is 0.364 e. The maximum absolute atomic E-state index is 11.1. The first-order valence-electron chi connectivity index (χ1n) is 6.18. The summed E-state index contributed by atoms with van der Waals surface area (Å²) in [6.07, 6.45) is -7.79. The molecule has 1 amide bonds. The first-order chi connectivity index (χ1) is 9.62. The molecule has 6 atom stereocenters. The van der Waals surface area contributed by atoms with Crippen LogP contribution >= 0.6 is 0 Å². The topological polar surface area (TPSA) is 177 Å². The molecule has 0 radical (unpaired) electrons. The van der Waals surface area contributed by atoms with Crippen molar-refractivity contribution in [2.75, 3.05) is 6.61 Å². The van der Waals surface area contributed by atoms with E-state index < -0.39 is 61.1 Å². The SMILES string of the molecule is CC(=O)NC1C(O)CC(O)(C(=O)O)OC(CO)C(O)C1O. The molecule has 7 N–H and O–H groups in total. The molecular weight excluding hydrogens is 290 g/mol. The van der Waals surface area contributed by atoms with E-state index in [1.54, 1.807) is 0 Å². The van der Waals surface area contributed by atoms with E-state index in [1.165, 1.54) is 0 Å². The van der Waals surface area contributed by atoms with Crippen LogP contribution in [0.3, 0.4) is 0 Å². The highest BCUT2D eigenvalue weighted by atomic mass is 16.7. The summed E-state index contributed by atoms with van der Waals surface area (Å²) in [4.78, 5) is 22.1. The van der Waals surface area contributed by atoms with Gasteiger partial charge in [0.25, 0.3) is 5.79 Å². The summed E-state index contributed by atoms with van der Waals surface area (Å²) in [5, 5.41) is 59.8. The van der Waals surface area contributed by atoms with E-state index in [4.69, 9.17) is 14.9 Å². The molecule has 0 aromatic heterocycles. The molecule has 21 heavy (non-hydrogen) atoms. The van der Waals surface area contributed by atoms with Gasteiger partial charge in [0.05, 0.1) is 18.8 Å². The molecule has 0 saturated carbocycles. The minimum atomic E-state index is -2.88. The molecule has 122 valence electrons. The number of carboxylic acid groups (broad SMARTS) is 1. The third-order valence-electron chi connectivity index (χ3n) is 3.23. The van der Waals surface area contributed by atoms with Gasteiger partial charge in [-0.15, -0.1) is 0 Å². The number of carbonyl (C=O) groups excluding carboxylic acids is 1. The summed E-state index contributed by atoms with van der Waals surface area (Å²) in [5.74, 6) is -5.37. The first kappa shape index (κ1) is 17.8. The zero-order valence-corrected chi connectivity index (χ0v) is 11.2. The number of aliphatic hydroxyl groups is 5. The molecule has 1 rings (SSSR count). The Morgan fingerprint density at radius 1 is 1.29 bits per heavy atom. The van der Waals surface area contributed by atoms with Crippen LogP contribution in [0.1, 0.15) is 13.3 Å². The van der Waals surface area contributed by atoms with Gasteiger partial charge < -0.3 is 40.7 Å². The number of rotatable bonds is 3. The fourth-order valence-electron chi connectivity index (χ4n) is 2.14. The second-order valence-corrected chi connectivity index (χ2v) is 4.91. The zero-order chi connectivity index (χ0) is 16.4. The second-order valence-electron chi connectivity index (χ2n) is 4.91. The number of aliphatic hydroxyl groups excluding tert-OH is 4. The highest BCUT2D eigenvalue weighted by Crippen LogP contribution is 2.26. The fraction of sp³-hybridized carbons (Fsp3) is 0.818. The Hall–Kier alpha value is -1.30. The van der Waals surface area contributed by atoms with Crippen LogP contribution in [0.15, 0.2) is 0 Å². The minimum Gasteiger partial charge on any atom is -0.477 e. The van der Waals surface area contributed by atoms with Gasteiger partial charge in [-0.05, 0) is 0 Å². The monoisotopic (exact) mass is 309 g/mol. The second kappa shape index (κ2) is 6.64. The molecular formula is C11H19NO9. The van der Waals surface area contributed by atoms with Crippen LogP contribution in [-0.2, 0) is 14.3 Å². The summed E-state index contributed by atoms with van der Waals surface area (Å²) in [7, 11) is 0. The van der Waals surface area contributed by atoms with Crippen LogP contribution in [0, 0.1) is 0 Å². The van der Waals surface area contributed by atoms with Gasteiger partial charge in [-0.25, -0.2) is 4.79 Å². The van der Waals surface area contributed by atoms with Crippen LogP contribution in [0.25, 0.3) is 0 Å². The van der Waals surface area contributed by atoms with Gasteiger partial charge in [0.2, 0.25) is 5.91 Å². The van der Waals surface area contributed by atoms with Crippen LogP contribution < -0.4 is 5.32 Å². The van der Waals surface area contributed by atoms with Crippen molar-refractivity contribution in [1.82, 2.24) is 5.32 Å². The predicted molar refractivity (Wildman–Crippen MR) is 64.8 cm³/mol. The smallest absolute Gasteiger partial charge is 0.364 e. The molecule has 6 unspecified atom stereocenters. The molecule has 1 heterocycles. The summed E-state index contributed by atoms with van der Waals surface area (Å²) in [6, 6.07) is -1.44. The lowest BCUT2D eigenvalue weighted by Crippen LogP contribution is -2.64. The molecule has 0 aromatic rings. The fourth-order valence-corrected chi connectivity index (χ4v) is 2.14. The summed E-state index contributed by atoms with van der Waals surface area (Å²) >= 11 is 0. The summed E-state index contributed by atoms with van der Waals surface area (Å²) in [5.41, 5.74) is 0. The van der Waals surface area contributed by atoms with E-state index in [-0.39, 0.29) is 0 Å². The van der Waals surface area contributed by atoms with E-state index in [1.807, 2.05) is 0 Å². The van der Waals surface area contributed by atoms with Crippen LogP contribution in [0.2, 0.25) is 0 Å². The van der Waals surface area contributed by atoms with Crippen LogP contribution in [0.5, 0.6) is 0 Å². The molecule has 0 bridgehead atoms. The number of aliphatic carboxylic acids is 1. The third kappa shape index (κ3) is 3.87. The Balaban J connectivity index is 3.15. The predicted octanol–water partition coefficient (Wildman–Crippen LogP) is -3.87. The van der Waals surface area contributed by atoms with Crippen molar-refractivity contribution in [3.63, 3.8) is 0 Å². The van der Waals surface area contributed by atoms with Gasteiger partial charge in [0.15, 0.2) is 0 Å². The summed E-state index contributed by atoms with van der Waals surface area (Å²) in [6.45, 7) is 0.199. The van der Waals surface area contributed by atoms with E-state index in [9.17, 15) is 30.0 Å². The number of amides is 1. The molecule has 1 aliphatic heterocycles. The van der Waals surface area contributed by atoms with Gasteiger partial charge in [0, 0.05) is 13.3 Å². The normalized spacial score (nSPS) is 41.0. The highest BCUT2D eigenvalue weighted by molar-refractivity contribution is 5.75. The van der Waals surface area contributed by atoms with Crippen molar-refractivity contribution in [3.05, 3.63) is 0 Å². The minimum absolute atomic E-state index is 0.647. The molecule has 1 saturated heterocycles. The van der Waals surface area contributed by atoms with Crippen molar-refractivity contribution in [1.29, 1.82) is 0 Å². The lowest BCUT2D eigenvalue weighted by atomic mass is 9.90. The lowest BCUT2D eigenvalue weighted by molar-refractivity contribution is -0.281. The van der Waals surface area contributed by atoms with E-state index in [0.29, 0.717) is 0 Å². The van der Waals surface area contributed by atoms with Gasteiger partial charge in [-0.2, -0.15) is 0 Å². The summed E-state index contributed by atoms with van der Waals surface area (Å²) < 4.78 is 4.72. The Labute approximate surface area is 119 Å². The largest absolute Gasteiger partial charge is 0.477 e. The standard InChI is InChI=1S/C11H19NO9/c1-4(14)12-7-5(15)2-11(20,10(18)19)21-6(3-13)8(16)9(7)17/h5-9,13,15-17,20H,2-3H2,1H3,(H,12,14)(H,18,19). The number of hydrogen-bond donors (Lipinski definition) is 7. The van der Waals surface area contributed by atoms with Gasteiger partial charge in [-0.1, -0.05) is 0 Å². The number of hydrogen-bond acceptors (Lipinski definition) is 8. The van der Waals surface area contributed by atoms with Crippen molar-refractivity contribution in [3.8, 4) is 0 Å². The van der Waals surface area contributed by atoms with E-state index in [0.717, 1.165) is 6.92 Å². The average Bonchev–Trinajstić information content (AvgIpc) is 2.39. The molecule has 10 nitrogen and oxygen atoms in total. The van der Waals surface area contributed by atoms with Crippen molar-refractivity contribution in [2.45, 2.75) is 49.6 Å². The van der Waals surface area contributed by atoms with Crippen molar-refractivity contribution in [2.24, 2.45) is 0 Å². The molecule has 0 spiro atoms. The Bertz CT molecular complexity index is 401. The van der Waals surface area contributed by atoms with E-state index in [2.05, 4.69) is 5.32 Å². The van der Waals surface area contributed by atoms with Crippen molar-refractivity contribution >= 4 is 11.9 Å². The number of carboxylic acids is 1. The third-order valence-corrected chi connectivity index (χ3v) is 3.23. The number of carbonyl (C=O) groups is 2. The highest BCUT2D eigenvalue weighted by Gasteiger charge is 2.50. The first-order valence-corrected chi connectivity index (χ1v) is 6.18. The van der Waals surface area contributed by atoms with Gasteiger partial charge >= 0.3 is 5.97 Å². The molecule has 1 fully saturated rings. The quantitative estimate of drug-likeness (QED) is 0.275. The van der Waals surface area contributed by atoms with Gasteiger partial charge in [0.1, 0.15) is 18.3 Å². The van der Waals surface area contributed by atoms with E-state index >= 15 is 0 Å². The number of ether oxygens (including phenoxy) is 1. The maximum atomic E-state index is 11.1. The van der Waals surface area contributed by atoms with Crippen LogP contribution in [-0.4, -0.2) is 85.4 Å². The molecule has 10 heteroatoms. The van der Waals surface area contributed by atoms with Crippen molar-refractivity contribution < 1.29 is 45.0 Å². The van der Waals surface area contributed by atoms with Gasteiger partial charge in [-0.3, -0.25) is 4.79 Å². The van der Waals surface area contributed by atoms with Crippen LogP contribution in [0.4, 0.5) is 0 Å². The Morgan fingerprint density at radius 2 is 1.86 bits per heavy atom. The molecule has 0 aliphatic carbocycles. The average molecular weight is 309 g/mol.